The quantitative estimate of drug-likeness (QED) is 0.333. The molecule has 0 N–H and O–H groups in total. The van der Waals surface area contributed by atoms with Crippen LogP contribution < -0.4 is 5.11 Å². The number of carbonyl (C=O) groups is 1. The molecule has 4 nitrogen and oxygen atoms in total. The Morgan fingerprint density at radius 2 is 1.38 bits per heavy atom. The molecule has 0 spiro atoms. The number of nitrogens with zero attached hydrogens (tertiary/aromatic N) is 1. The van der Waals surface area contributed by atoms with Crippen LogP contribution in [0.25, 0.3) is 0 Å². The van der Waals surface area contributed by atoms with Gasteiger partial charge in [-0.15, -0.1) is 0 Å². The third-order valence-corrected chi connectivity index (χ3v) is 3.74. The largest absolute Gasteiger partial charge is 0.550 e. The highest BCUT2D eigenvalue weighted by Crippen LogP contribution is 2.09. The number of rotatable bonds is 11. The summed E-state index contributed by atoms with van der Waals surface area (Å²) in [4.78, 5) is 9.27. The molecule has 128 valence electrons. The highest BCUT2D eigenvalue weighted by atomic mass is 16.7. The third kappa shape index (κ3) is 21.7. The van der Waals surface area contributed by atoms with Crippen molar-refractivity contribution in [1.82, 2.24) is 0 Å². The van der Waals surface area contributed by atoms with Crippen LogP contribution in [0, 0.1) is 0 Å². The van der Waals surface area contributed by atoms with Crippen molar-refractivity contribution in [1.29, 1.82) is 0 Å². The summed E-state index contributed by atoms with van der Waals surface area (Å²) in [7, 11) is 4.67. The predicted molar refractivity (Wildman–Crippen MR) is 87.1 cm³/mol. The van der Waals surface area contributed by atoms with Crippen molar-refractivity contribution in [2.24, 2.45) is 0 Å². The zero-order chi connectivity index (χ0) is 16.6. The molecular weight excluding hydrogens is 266 g/mol. The summed E-state index contributed by atoms with van der Waals surface area (Å²) in [5, 5.41) is 9.27. The first-order chi connectivity index (χ1) is 9.89. The highest BCUT2D eigenvalue weighted by molar-refractivity contribution is 5.53. The van der Waals surface area contributed by atoms with Gasteiger partial charge in [0, 0.05) is 6.61 Å². The van der Waals surface area contributed by atoms with Crippen LogP contribution in [-0.2, 0) is 4.74 Å². The molecule has 0 atom stereocenters. The van der Waals surface area contributed by atoms with Gasteiger partial charge in [-0.1, -0.05) is 45.4 Å². The molecule has 0 saturated heterocycles. The molecule has 0 aromatic heterocycles. The zero-order valence-corrected chi connectivity index (χ0v) is 15.0. The normalized spacial score (nSPS) is 10.7. The van der Waals surface area contributed by atoms with Gasteiger partial charge in [-0.3, -0.25) is 0 Å². The average Bonchev–Trinajstić information content (AvgIpc) is 2.42. The van der Waals surface area contributed by atoms with E-state index in [1.54, 1.807) is 6.92 Å². The molecule has 0 radical (unpaired) electrons. The number of ether oxygens (including phenoxy) is 1. The standard InChI is InChI=1S/C14H32N.C3H6O3/c1-5-7-8-9-10-11-12-13-14-15(3,4)6-2;1-2-6-3(4)5/h5-14H2,1-4H3;2H2,1H3,(H,4,5)/q+1;/p-1. The van der Waals surface area contributed by atoms with E-state index < -0.39 is 6.16 Å². The van der Waals surface area contributed by atoms with Gasteiger partial charge in [-0.25, -0.2) is 0 Å². The monoisotopic (exact) mass is 303 g/mol. The SMILES string of the molecule is CCCCCCCCCC[N+](C)(C)CC.CCOC(=O)[O-]. The lowest BCUT2D eigenvalue weighted by atomic mass is 10.1. The molecule has 0 aliphatic rings. The summed E-state index contributed by atoms with van der Waals surface area (Å²) >= 11 is 0. The van der Waals surface area contributed by atoms with Gasteiger partial charge < -0.3 is 19.1 Å². The Morgan fingerprint density at radius 1 is 0.905 bits per heavy atom. The molecular formula is C17H37NO3. The van der Waals surface area contributed by atoms with Crippen molar-refractivity contribution < 1.29 is 19.1 Å². The second-order valence-electron chi connectivity index (χ2n) is 6.13. The Kier molecular flexibility index (Phi) is 16.7. The third-order valence-electron chi connectivity index (χ3n) is 3.74. The number of unbranched alkanes of at least 4 members (excludes halogenated alkanes) is 7. The maximum Gasteiger partial charge on any atom is 0.251 e. The van der Waals surface area contributed by atoms with Crippen LogP contribution in [-0.4, -0.2) is 44.4 Å². The summed E-state index contributed by atoms with van der Waals surface area (Å²) < 4.78 is 5.04. The van der Waals surface area contributed by atoms with E-state index in [2.05, 4.69) is 32.7 Å². The summed E-state index contributed by atoms with van der Waals surface area (Å²) in [6.07, 6.45) is 10.0. The van der Waals surface area contributed by atoms with Crippen LogP contribution in [0.3, 0.4) is 0 Å². The lowest BCUT2D eigenvalue weighted by Crippen LogP contribution is -2.39. The van der Waals surface area contributed by atoms with Gasteiger partial charge in [0.05, 0.1) is 27.2 Å². The van der Waals surface area contributed by atoms with E-state index in [9.17, 15) is 9.90 Å². The maximum atomic E-state index is 9.27. The fourth-order valence-corrected chi connectivity index (χ4v) is 1.95. The van der Waals surface area contributed by atoms with Gasteiger partial charge in [0.25, 0.3) is 6.16 Å². The molecule has 0 heterocycles. The second kappa shape index (κ2) is 15.6. The van der Waals surface area contributed by atoms with Gasteiger partial charge >= 0.3 is 0 Å². The van der Waals surface area contributed by atoms with E-state index in [4.69, 9.17) is 0 Å². The van der Waals surface area contributed by atoms with Crippen molar-refractivity contribution in [3.8, 4) is 0 Å². The van der Waals surface area contributed by atoms with Crippen molar-refractivity contribution in [2.75, 3.05) is 33.8 Å². The number of hydrogen-bond acceptors (Lipinski definition) is 3. The van der Waals surface area contributed by atoms with Crippen molar-refractivity contribution in [3.63, 3.8) is 0 Å². The Labute approximate surface area is 132 Å². The molecule has 21 heavy (non-hydrogen) atoms. The van der Waals surface area contributed by atoms with Gasteiger partial charge in [0.1, 0.15) is 0 Å². The van der Waals surface area contributed by atoms with Crippen LogP contribution >= 0.6 is 0 Å². The fraction of sp³-hybridized carbons (Fsp3) is 0.941. The Balaban J connectivity index is 0. The molecule has 0 saturated carbocycles. The molecule has 0 rings (SSSR count). The summed E-state index contributed by atoms with van der Waals surface area (Å²) in [6, 6.07) is 0. The molecule has 4 heteroatoms. The van der Waals surface area contributed by atoms with E-state index in [-0.39, 0.29) is 6.61 Å². The van der Waals surface area contributed by atoms with Crippen LogP contribution in [0.5, 0.6) is 0 Å². The number of hydrogen-bond donors (Lipinski definition) is 0. The molecule has 0 aliphatic heterocycles. The molecule has 0 amide bonds. The van der Waals surface area contributed by atoms with Gasteiger partial charge in [0.15, 0.2) is 0 Å². The summed E-state index contributed by atoms with van der Waals surface area (Å²) in [5.74, 6) is 0. The fourth-order valence-electron chi connectivity index (χ4n) is 1.95. The minimum absolute atomic E-state index is 0.169. The van der Waals surface area contributed by atoms with E-state index in [1.807, 2.05) is 0 Å². The van der Waals surface area contributed by atoms with E-state index >= 15 is 0 Å². The van der Waals surface area contributed by atoms with Gasteiger partial charge in [0.2, 0.25) is 0 Å². The molecule has 0 aromatic carbocycles. The van der Waals surface area contributed by atoms with Crippen molar-refractivity contribution >= 4 is 6.16 Å². The van der Waals surface area contributed by atoms with E-state index in [0.29, 0.717) is 0 Å². The van der Waals surface area contributed by atoms with Crippen LogP contribution in [0.4, 0.5) is 4.79 Å². The van der Waals surface area contributed by atoms with Gasteiger partial charge in [-0.2, -0.15) is 0 Å². The molecule has 0 unspecified atom stereocenters. The van der Waals surface area contributed by atoms with Gasteiger partial charge in [-0.05, 0) is 26.7 Å². The average molecular weight is 303 g/mol. The zero-order valence-electron chi connectivity index (χ0n) is 15.0. The molecule has 0 fully saturated rings. The first kappa shape index (κ1) is 22.5. The lowest BCUT2D eigenvalue weighted by molar-refractivity contribution is -0.888. The second-order valence-corrected chi connectivity index (χ2v) is 6.13. The Hall–Kier alpha value is -0.770. The molecule has 0 aliphatic carbocycles. The van der Waals surface area contributed by atoms with Crippen molar-refractivity contribution in [3.05, 3.63) is 0 Å². The Morgan fingerprint density at radius 3 is 1.71 bits per heavy atom. The minimum atomic E-state index is -1.46. The topological polar surface area (TPSA) is 49.4 Å². The summed E-state index contributed by atoms with van der Waals surface area (Å²) in [5.41, 5.74) is 0. The van der Waals surface area contributed by atoms with Crippen LogP contribution in [0.1, 0.15) is 72.1 Å². The number of carbonyl (C=O) groups excluding carboxylic acids is 1. The minimum Gasteiger partial charge on any atom is -0.550 e. The first-order valence-electron chi connectivity index (χ1n) is 8.55. The first-order valence-corrected chi connectivity index (χ1v) is 8.55. The molecule has 0 aromatic rings. The highest BCUT2D eigenvalue weighted by Gasteiger charge is 2.09. The predicted octanol–water partition coefficient (Wildman–Crippen LogP) is 3.59. The number of carboxylic acid groups (broad SMARTS) is 1. The van der Waals surface area contributed by atoms with Crippen LogP contribution in [0.2, 0.25) is 0 Å². The molecule has 0 bridgehead atoms. The van der Waals surface area contributed by atoms with Crippen molar-refractivity contribution in [2.45, 2.75) is 72.1 Å². The van der Waals surface area contributed by atoms with E-state index in [1.165, 1.54) is 68.9 Å². The van der Waals surface area contributed by atoms with Crippen LogP contribution in [0.15, 0.2) is 0 Å². The maximum absolute atomic E-state index is 9.27. The Bertz CT molecular complexity index is 230. The smallest absolute Gasteiger partial charge is 0.251 e. The number of quaternary nitrogens is 1. The summed E-state index contributed by atoms with van der Waals surface area (Å²) in [6.45, 7) is 8.93. The van der Waals surface area contributed by atoms with E-state index in [0.717, 1.165) is 0 Å². The lowest BCUT2D eigenvalue weighted by Gasteiger charge is -2.28.